The zero-order valence-electron chi connectivity index (χ0n) is 9.92. The van der Waals surface area contributed by atoms with E-state index in [4.69, 9.17) is 10.2 Å². The molecule has 18 heavy (non-hydrogen) atoms. The van der Waals surface area contributed by atoms with Gasteiger partial charge in [-0.3, -0.25) is 0 Å². The number of carboxylic acid groups (broad SMARTS) is 1. The van der Waals surface area contributed by atoms with Crippen molar-refractivity contribution in [2.45, 2.75) is 6.92 Å². The van der Waals surface area contributed by atoms with E-state index in [9.17, 15) is 9.90 Å². The molecule has 0 bridgehead atoms. The molecule has 0 unspecified atom stereocenters. The molecule has 0 aliphatic heterocycles. The second kappa shape index (κ2) is 5.72. The van der Waals surface area contributed by atoms with Crippen molar-refractivity contribution in [1.82, 2.24) is 0 Å². The molecule has 0 aliphatic carbocycles. The van der Waals surface area contributed by atoms with E-state index in [-0.39, 0.29) is 17.1 Å². The lowest BCUT2D eigenvalue weighted by Gasteiger charge is -2.00. The number of aromatic hydroxyl groups is 2. The Kier molecular flexibility index (Phi) is 4.32. The van der Waals surface area contributed by atoms with Gasteiger partial charge in [-0.05, 0) is 36.8 Å². The summed E-state index contributed by atoms with van der Waals surface area (Å²) < 4.78 is 0. The third-order valence-corrected chi connectivity index (χ3v) is 2.12. The molecule has 1 rings (SSSR count). The van der Waals surface area contributed by atoms with Crippen LogP contribution in [0.5, 0.6) is 11.5 Å². The van der Waals surface area contributed by atoms with Gasteiger partial charge in [0.25, 0.3) is 0 Å². The predicted octanol–water partition coefficient (Wildman–Crippen LogP) is 2.70. The van der Waals surface area contributed by atoms with Gasteiger partial charge in [-0.1, -0.05) is 24.3 Å². The highest BCUT2D eigenvalue weighted by molar-refractivity contribution is 5.95. The van der Waals surface area contributed by atoms with Crippen LogP contribution in [-0.2, 0) is 4.79 Å². The van der Waals surface area contributed by atoms with Crippen LogP contribution in [0.25, 0.3) is 6.08 Å². The van der Waals surface area contributed by atoms with Crippen molar-refractivity contribution < 1.29 is 20.1 Å². The van der Waals surface area contributed by atoms with Gasteiger partial charge in [-0.2, -0.15) is 0 Å². The van der Waals surface area contributed by atoms with Gasteiger partial charge in [0.05, 0.1) is 5.57 Å². The summed E-state index contributed by atoms with van der Waals surface area (Å²) in [5, 5.41) is 27.5. The Morgan fingerprint density at radius 3 is 2.39 bits per heavy atom. The monoisotopic (exact) mass is 246 g/mol. The standard InChI is InChI=1S/C14H14O4/c1-9(2)3-5-11(14(17)18)7-10-4-6-12(15)13(16)8-10/h3-8,15-16H,1H2,2H3,(H,17,18)/b5-3+,11-7+. The van der Waals surface area contributed by atoms with E-state index in [0.717, 1.165) is 5.57 Å². The normalized spacial score (nSPS) is 11.7. The fraction of sp³-hybridized carbons (Fsp3) is 0.0714. The average Bonchev–Trinajstić information content (AvgIpc) is 2.28. The number of benzene rings is 1. The Bertz CT molecular complexity index is 539. The quantitative estimate of drug-likeness (QED) is 0.433. The summed E-state index contributed by atoms with van der Waals surface area (Å²) in [6.07, 6.45) is 4.40. The van der Waals surface area contributed by atoms with E-state index >= 15 is 0 Å². The van der Waals surface area contributed by atoms with Crippen molar-refractivity contribution in [2.24, 2.45) is 0 Å². The summed E-state index contributed by atoms with van der Waals surface area (Å²) >= 11 is 0. The number of carboxylic acids is 1. The molecule has 0 atom stereocenters. The summed E-state index contributed by atoms with van der Waals surface area (Å²) in [6.45, 7) is 5.39. The molecule has 0 radical (unpaired) electrons. The number of aliphatic carboxylic acids is 1. The minimum absolute atomic E-state index is 0.0584. The molecular formula is C14H14O4. The van der Waals surface area contributed by atoms with E-state index in [1.807, 2.05) is 0 Å². The molecule has 0 heterocycles. The smallest absolute Gasteiger partial charge is 0.335 e. The van der Waals surface area contributed by atoms with E-state index in [1.165, 1.54) is 30.4 Å². The largest absolute Gasteiger partial charge is 0.504 e. The van der Waals surface area contributed by atoms with Gasteiger partial charge >= 0.3 is 5.97 Å². The fourth-order valence-corrected chi connectivity index (χ4v) is 1.22. The van der Waals surface area contributed by atoms with Crippen LogP contribution >= 0.6 is 0 Å². The first kappa shape index (κ1) is 13.6. The Labute approximate surface area is 105 Å². The molecule has 0 fully saturated rings. The van der Waals surface area contributed by atoms with Gasteiger partial charge in [0.1, 0.15) is 0 Å². The zero-order valence-corrected chi connectivity index (χ0v) is 9.92. The van der Waals surface area contributed by atoms with Crippen LogP contribution in [0, 0.1) is 0 Å². The van der Waals surface area contributed by atoms with Crippen LogP contribution in [-0.4, -0.2) is 21.3 Å². The van der Waals surface area contributed by atoms with E-state index in [0.29, 0.717) is 5.56 Å². The molecule has 0 amide bonds. The second-order valence-electron chi connectivity index (χ2n) is 3.83. The lowest BCUT2D eigenvalue weighted by atomic mass is 10.1. The number of rotatable bonds is 4. The van der Waals surface area contributed by atoms with Gasteiger partial charge in [0.15, 0.2) is 11.5 Å². The van der Waals surface area contributed by atoms with Gasteiger partial charge in [0, 0.05) is 0 Å². The zero-order chi connectivity index (χ0) is 13.7. The third kappa shape index (κ3) is 3.83. The van der Waals surface area contributed by atoms with E-state index < -0.39 is 5.97 Å². The number of allylic oxidation sites excluding steroid dienone is 2. The van der Waals surface area contributed by atoms with Crippen LogP contribution in [0.15, 0.2) is 48.1 Å². The number of phenolic OH excluding ortho intramolecular Hbond substituents is 2. The molecule has 1 aromatic rings. The van der Waals surface area contributed by atoms with Crippen molar-refractivity contribution in [1.29, 1.82) is 0 Å². The van der Waals surface area contributed by atoms with Crippen LogP contribution in [0.3, 0.4) is 0 Å². The molecule has 0 spiro atoms. The summed E-state index contributed by atoms with van der Waals surface area (Å²) in [4.78, 5) is 11.0. The fourth-order valence-electron chi connectivity index (χ4n) is 1.22. The van der Waals surface area contributed by atoms with Crippen molar-refractivity contribution in [3.05, 3.63) is 53.6 Å². The molecule has 0 aromatic heterocycles. The lowest BCUT2D eigenvalue weighted by molar-refractivity contribution is -0.132. The first-order valence-corrected chi connectivity index (χ1v) is 5.20. The van der Waals surface area contributed by atoms with Crippen molar-refractivity contribution >= 4 is 12.0 Å². The molecular weight excluding hydrogens is 232 g/mol. The Morgan fingerprint density at radius 1 is 1.22 bits per heavy atom. The Balaban J connectivity index is 3.12. The third-order valence-electron chi connectivity index (χ3n) is 2.12. The van der Waals surface area contributed by atoms with Crippen molar-refractivity contribution in [3.63, 3.8) is 0 Å². The van der Waals surface area contributed by atoms with Gasteiger partial charge in [0.2, 0.25) is 0 Å². The van der Waals surface area contributed by atoms with Crippen molar-refractivity contribution in [2.75, 3.05) is 0 Å². The molecule has 0 saturated heterocycles. The Morgan fingerprint density at radius 2 is 1.89 bits per heavy atom. The van der Waals surface area contributed by atoms with E-state index in [1.54, 1.807) is 13.0 Å². The number of hydrogen-bond donors (Lipinski definition) is 3. The SMILES string of the molecule is C=C(C)/C=C/C(=C\c1ccc(O)c(O)c1)C(=O)O. The highest BCUT2D eigenvalue weighted by atomic mass is 16.4. The molecule has 4 heteroatoms. The highest BCUT2D eigenvalue weighted by Gasteiger charge is 2.05. The predicted molar refractivity (Wildman–Crippen MR) is 69.3 cm³/mol. The van der Waals surface area contributed by atoms with Crippen LogP contribution < -0.4 is 0 Å². The molecule has 0 saturated carbocycles. The van der Waals surface area contributed by atoms with Crippen LogP contribution in [0.4, 0.5) is 0 Å². The minimum Gasteiger partial charge on any atom is -0.504 e. The maximum absolute atomic E-state index is 11.0. The topological polar surface area (TPSA) is 77.8 Å². The van der Waals surface area contributed by atoms with E-state index in [2.05, 4.69) is 6.58 Å². The molecule has 1 aromatic carbocycles. The lowest BCUT2D eigenvalue weighted by Crippen LogP contribution is -1.97. The molecule has 3 N–H and O–H groups in total. The van der Waals surface area contributed by atoms with Gasteiger partial charge in [-0.15, -0.1) is 0 Å². The van der Waals surface area contributed by atoms with Crippen LogP contribution in [0.1, 0.15) is 12.5 Å². The van der Waals surface area contributed by atoms with Crippen LogP contribution in [0.2, 0.25) is 0 Å². The maximum atomic E-state index is 11.0. The molecule has 4 nitrogen and oxygen atoms in total. The summed E-state index contributed by atoms with van der Waals surface area (Å²) in [7, 11) is 0. The maximum Gasteiger partial charge on any atom is 0.335 e. The highest BCUT2D eigenvalue weighted by Crippen LogP contribution is 2.26. The minimum atomic E-state index is -1.08. The first-order chi connectivity index (χ1) is 8.40. The number of carbonyl (C=O) groups is 1. The Hall–Kier alpha value is -2.49. The second-order valence-corrected chi connectivity index (χ2v) is 3.83. The van der Waals surface area contributed by atoms with Crippen molar-refractivity contribution in [3.8, 4) is 11.5 Å². The molecule has 94 valence electrons. The van der Waals surface area contributed by atoms with Gasteiger partial charge in [-0.25, -0.2) is 4.79 Å². The first-order valence-electron chi connectivity index (χ1n) is 5.20. The van der Waals surface area contributed by atoms with Gasteiger partial charge < -0.3 is 15.3 Å². The summed E-state index contributed by atoms with van der Waals surface area (Å²) in [6, 6.07) is 4.09. The number of hydrogen-bond acceptors (Lipinski definition) is 3. The summed E-state index contributed by atoms with van der Waals surface area (Å²) in [5.41, 5.74) is 1.27. The number of phenols is 2. The summed E-state index contributed by atoms with van der Waals surface area (Å²) in [5.74, 6) is -1.63. The average molecular weight is 246 g/mol. The molecule has 0 aliphatic rings.